The van der Waals surface area contributed by atoms with Gasteiger partial charge in [0.15, 0.2) is 11.5 Å². The molecular weight excluding hydrogens is 522 g/mol. The van der Waals surface area contributed by atoms with Crippen molar-refractivity contribution >= 4 is 23.1 Å². The number of nitrogens with one attached hydrogen (secondary N) is 1. The van der Waals surface area contributed by atoms with Crippen LogP contribution in [0, 0.1) is 11.7 Å². The second-order valence-electron chi connectivity index (χ2n) is 10.7. The summed E-state index contributed by atoms with van der Waals surface area (Å²) >= 11 is 0. The second-order valence-corrected chi connectivity index (χ2v) is 10.7. The van der Waals surface area contributed by atoms with Gasteiger partial charge in [-0.25, -0.2) is 18.7 Å². The van der Waals surface area contributed by atoms with Crippen molar-refractivity contribution < 1.29 is 13.6 Å². The number of benzene rings is 2. The highest BCUT2D eigenvalue weighted by atomic mass is 19.1. The maximum atomic E-state index is 14.9. The monoisotopic (exact) mass is 562 g/mol. The van der Waals surface area contributed by atoms with E-state index in [9.17, 15) is 13.6 Å². The second kappa shape index (κ2) is 12.8. The Bertz CT molecular complexity index is 1510. The SMILES string of the molecule is C.CCC(C)c1ccc(-c2cnc3c(Nc4ccc(C(=O)N5CCC(CN)CC5)c(C(C)F)c4)nccn23)cc1F. The Morgan fingerprint density at radius 1 is 1.12 bits per heavy atom. The van der Waals surface area contributed by atoms with Crippen LogP contribution in [0.25, 0.3) is 16.9 Å². The van der Waals surface area contributed by atoms with E-state index in [2.05, 4.69) is 15.3 Å². The van der Waals surface area contributed by atoms with Gasteiger partial charge in [0.05, 0.1) is 11.9 Å². The molecule has 3 heterocycles. The van der Waals surface area contributed by atoms with Gasteiger partial charge in [0.25, 0.3) is 5.91 Å². The summed E-state index contributed by atoms with van der Waals surface area (Å²) in [4.78, 5) is 24.0. The van der Waals surface area contributed by atoms with Gasteiger partial charge in [0.2, 0.25) is 0 Å². The largest absolute Gasteiger partial charge is 0.339 e. The third-order valence-electron chi connectivity index (χ3n) is 8.08. The van der Waals surface area contributed by atoms with E-state index in [1.807, 2.05) is 30.4 Å². The lowest BCUT2D eigenvalue weighted by atomic mass is 9.95. The van der Waals surface area contributed by atoms with Crippen LogP contribution in [0.5, 0.6) is 0 Å². The van der Waals surface area contributed by atoms with Crippen molar-refractivity contribution in [3.05, 3.63) is 77.5 Å². The fraction of sp³-hybridized carbons (Fsp3) is 0.406. The highest BCUT2D eigenvalue weighted by Crippen LogP contribution is 2.31. The van der Waals surface area contributed by atoms with Crippen molar-refractivity contribution in [3.63, 3.8) is 0 Å². The van der Waals surface area contributed by atoms with Gasteiger partial charge in [-0.3, -0.25) is 9.20 Å². The predicted octanol–water partition coefficient (Wildman–Crippen LogP) is 7.27. The molecule has 2 aromatic carbocycles. The number of rotatable bonds is 8. The molecular formula is C32H40F2N6O. The first-order valence-corrected chi connectivity index (χ1v) is 14.0. The first kappa shape index (κ1) is 30.1. The number of nitrogens with zero attached hydrogens (tertiary/aromatic N) is 4. The number of amides is 1. The molecule has 5 rings (SSSR count). The molecule has 0 spiro atoms. The molecule has 1 saturated heterocycles. The average molecular weight is 563 g/mol. The van der Waals surface area contributed by atoms with E-state index in [1.165, 1.54) is 6.92 Å². The number of aromatic nitrogens is 3. The smallest absolute Gasteiger partial charge is 0.254 e. The molecule has 2 atom stereocenters. The van der Waals surface area contributed by atoms with E-state index in [1.54, 1.807) is 47.8 Å². The molecule has 7 nitrogen and oxygen atoms in total. The first-order chi connectivity index (χ1) is 19.3. The number of anilines is 2. The summed E-state index contributed by atoms with van der Waals surface area (Å²) in [6.07, 6.45) is 6.33. The van der Waals surface area contributed by atoms with Gasteiger partial charge in [0.1, 0.15) is 12.0 Å². The quantitative estimate of drug-likeness (QED) is 0.236. The van der Waals surface area contributed by atoms with Crippen LogP contribution in [0.2, 0.25) is 0 Å². The standard InChI is InChI=1S/C31H36F2N6O.CH4/c1-4-19(2)24-7-5-22(15-27(24)33)28-18-36-30-29(35-11-14-39(28)30)37-23-6-8-25(26(16-23)20(3)32)31(40)38-12-9-21(17-34)10-13-38;/h5-8,11,14-16,18-21H,4,9-10,12-13,17,34H2,1-3H3,(H,35,37);1H4. The molecule has 0 bridgehead atoms. The molecule has 2 unspecified atom stereocenters. The van der Waals surface area contributed by atoms with E-state index in [-0.39, 0.29) is 25.1 Å². The fourth-order valence-corrected chi connectivity index (χ4v) is 5.37. The Labute approximate surface area is 240 Å². The third kappa shape index (κ3) is 6.10. The van der Waals surface area contributed by atoms with Gasteiger partial charge in [-0.2, -0.15) is 0 Å². The van der Waals surface area contributed by atoms with Crippen LogP contribution in [0.4, 0.5) is 20.3 Å². The van der Waals surface area contributed by atoms with Crippen LogP contribution in [0.15, 0.2) is 55.0 Å². The van der Waals surface area contributed by atoms with Gasteiger partial charge in [0, 0.05) is 47.9 Å². The van der Waals surface area contributed by atoms with Gasteiger partial charge >= 0.3 is 0 Å². The molecule has 0 radical (unpaired) electrons. The molecule has 0 saturated carbocycles. The summed E-state index contributed by atoms with van der Waals surface area (Å²) < 4.78 is 31.5. The van der Waals surface area contributed by atoms with Crippen molar-refractivity contribution in [1.82, 2.24) is 19.3 Å². The van der Waals surface area contributed by atoms with Crippen molar-refractivity contribution in [3.8, 4) is 11.3 Å². The lowest BCUT2D eigenvalue weighted by molar-refractivity contribution is 0.0690. The van der Waals surface area contributed by atoms with Gasteiger partial charge in [-0.15, -0.1) is 0 Å². The lowest BCUT2D eigenvalue weighted by Crippen LogP contribution is -2.40. The number of fused-ring (bicyclic) bond motifs is 1. The average Bonchev–Trinajstić information content (AvgIpc) is 3.41. The van der Waals surface area contributed by atoms with Gasteiger partial charge < -0.3 is 16.0 Å². The number of halogens is 2. The molecule has 0 aliphatic carbocycles. The number of imidazole rings is 1. The van der Waals surface area contributed by atoms with E-state index in [0.29, 0.717) is 65.0 Å². The third-order valence-corrected chi connectivity index (χ3v) is 8.08. The van der Waals surface area contributed by atoms with Crippen molar-refractivity contribution in [2.24, 2.45) is 11.7 Å². The van der Waals surface area contributed by atoms with Crippen LogP contribution >= 0.6 is 0 Å². The lowest BCUT2D eigenvalue weighted by Gasteiger charge is -2.32. The van der Waals surface area contributed by atoms with E-state index < -0.39 is 6.17 Å². The van der Waals surface area contributed by atoms with Crippen LogP contribution in [0.1, 0.15) is 81.0 Å². The maximum Gasteiger partial charge on any atom is 0.254 e. The number of nitrogens with two attached hydrogens (primary N) is 1. The maximum absolute atomic E-state index is 14.9. The normalized spacial score (nSPS) is 15.4. The molecule has 1 fully saturated rings. The number of likely N-dealkylation sites (tertiary alicyclic amines) is 1. The van der Waals surface area contributed by atoms with Crippen LogP contribution in [-0.4, -0.2) is 44.8 Å². The number of alkyl halides is 1. The van der Waals surface area contributed by atoms with Gasteiger partial charge in [-0.05, 0) is 74.4 Å². The summed E-state index contributed by atoms with van der Waals surface area (Å²) in [5, 5.41) is 3.24. The Hall–Kier alpha value is -3.85. The predicted molar refractivity (Wildman–Crippen MR) is 161 cm³/mol. The number of piperidine rings is 1. The Morgan fingerprint density at radius 2 is 1.88 bits per heavy atom. The summed E-state index contributed by atoms with van der Waals surface area (Å²) in [5.41, 5.74) is 9.74. The number of hydrogen-bond acceptors (Lipinski definition) is 5. The van der Waals surface area contributed by atoms with Crippen molar-refractivity contribution in [1.29, 1.82) is 0 Å². The molecule has 4 aromatic rings. The molecule has 1 amide bonds. The van der Waals surface area contributed by atoms with Crippen LogP contribution in [-0.2, 0) is 0 Å². The minimum absolute atomic E-state index is 0. The molecule has 218 valence electrons. The molecule has 41 heavy (non-hydrogen) atoms. The molecule has 9 heteroatoms. The highest BCUT2D eigenvalue weighted by Gasteiger charge is 2.26. The minimum Gasteiger partial charge on any atom is -0.339 e. The Morgan fingerprint density at radius 3 is 2.54 bits per heavy atom. The van der Waals surface area contributed by atoms with E-state index in [0.717, 1.165) is 25.0 Å². The Balaban J connectivity index is 0.00000387. The minimum atomic E-state index is -1.34. The van der Waals surface area contributed by atoms with Crippen LogP contribution < -0.4 is 11.1 Å². The molecule has 2 aromatic heterocycles. The van der Waals surface area contributed by atoms with Crippen molar-refractivity contribution in [2.75, 3.05) is 25.0 Å². The van der Waals surface area contributed by atoms with Crippen LogP contribution in [0.3, 0.4) is 0 Å². The zero-order valence-electron chi connectivity index (χ0n) is 23.2. The summed E-state index contributed by atoms with van der Waals surface area (Å²) in [6.45, 7) is 7.35. The topological polar surface area (TPSA) is 88.5 Å². The van der Waals surface area contributed by atoms with E-state index in [4.69, 9.17) is 5.73 Å². The number of hydrogen-bond donors (Lipinski definition) is 2. The molecule has 1 aliphatic heterocycles. The van der Waals surface area contributed by atoms with Gasteiger partial charge in [-0.1, -0.05) is 33.4 Å². The first-order valence-electron chi connectivity index (χ1n) is 14.0. The fourth-order valence-electron chi connectivity index (χ4n) is 5.37. The summed E-state index contributed by atoms with van der Waals surface area (Å²) in [7, 11) is 0. The highest BCUT2D eigenvalue weighted by molar-refractivity contribution is 5.96. The zero-order chi connectivity index (χ0) is 28.4. The zero-order valence-corrected chi connectivity index (χ0v) is 23.2. The molecule has 3 N–H and O–H groups in total. The number of carbonyl (C=O) groups is 1. The summed E-state index contributed by atoms with van der Waals surface area (Å²) in [6, 6.07) is 10.4. The Kier molecular flexibility index (Phi) is 9.38. The summed E-state index contributed by atoms with van der Waals surface area (Å²) in [5.74, 6) is 0.632. The van der Waals surface area contributed by atoms with E-state index >= 15 is 0 Å². The number of carbonyl (C=O) groups excluding carboxylic acids is 1. The van der Waals surface area contributed by atoms with Crippen molar-refractivity contribution in [2.45, 2.75) is 59.5 Å². The molecule has 1 aliphatic rings.